The zero-order valence-corrected chi connectivity index (χ0v) is 16.1. The van der Waals surface area contributed by atoms with Gasteiger partial charge in [-0.3, -0.25) is 4.79 Å². The average molecular weight is 403 g/mol. The lowest BCUT2D eigenvalue weighted by Crippen LogP contribution is -2.40. The zero-order chi connectivity index (χ0) is 20.6. The van der Waals surface area contributed by atoms with E-state index >= 15 is 0 Å². The van der Waals surface area contributed by atoms with Crippen LogP contribution in [0.5, 0.6) is 0 Å². The van der Waals surface area contributed by atoms with Crippen molar-refractivity contribution in [1.29, 1.82) is 0 Å². The van der Waals surface area contributed by atoms with Crippen LogP contribution in [0.4, 0.5) is 0 Å². The maximum absolute atomic E-state index is 12.1. The molecule has 2 N–H and O–H groups in total. The van der Waals surface area contributed by atoms with Gasteiger partial charge in [-0.25, -0.2) is 18.6 Å². The summed E-state index contributed by atoms with van der Waals surface area (Å²) < 4.78 is 25.0. The summed E-state index contributed by atoms with van der Waals surface area (Å²) >= 11 is 0. The van der Waals surface area contributed by atoms with E-state index in [0.717, 1.165) is 16.1 Å². The molecule has 148 valence electrons. The molecule has 2 rings (SSSR count). The Morgan fingerprint density at radius 3 is 2.39 bits per heavy atom. The van der Waals surface area contributed by atoms with E-state index in [0.29, 0.717) is 12.0 Å². The second-order valence-corrected chi connectivity index (χ2v) is 8.00. The lowest BCUT2D eigenvalue weighted by molar-refractivity contribution is -0.121. The van der Waals surface area contributed by atoms with Crippen molar-refractivity contribution in [3.05, 3.63) is 71.3 Å². The molecule has 0 atom stereocenters. The fourth-order valence-corrected chi connectivity index (χ4v) is 3.21. The van der Waals surface area contributed by atoms with Crippen LogP contribution < -0.4 is 5.43 Å². The van der Waals surface area contributed by atoms with Crippen LogP contribution in [0.25, 0.3) is 0 Å². The van der Waals surface area contributed by atoms with Gasteiger partial charge < -0.3 is 5.11 Å². The van der Waals surface area contributed by atoms with Crippen molar-refractivity contribution < 1.29 is 23.1 Å². The van der Waals surface area contributed by atoms with Crippen molar-refractivity contribution in [3.63, 3.8) is 0 Å². The van der Waals surface area contributed by atoms with Gasteiger partial charge in [0.2, 0.25) is 10.0 Å². The number of carbonyl (C=O) groups excluding carboxylic acids is 1. The summed E-state index contributed by atoms with van der Waals surface area (Å²) in [6, 6.07) is 15.5. The van der Waals surface area contributed by atoms with Gasteiger partial charge in [-0.2, -0.15) is 9.41 Å². The minimum absolute atomic E-state index is 0.0427. The van der Waals surface area contributed by atoms with Crippen LogP contribution in [0.15, 0.2) is 59.7 Å². The van der Waals surface area contributed by atoms with Crippen molar-refractivity contribution in [2.75, 3.05) is 19.3 Å². The average Bonchev–Trinajstić information content (AvgIpc) is 2.65. The molecule has 8 nitrogen and oxygen atoms in total. The van der Waals surface area contributed by atoms with Gasteiger partial charge in [0, 0.05) is 12.1 Å². The number of nitrogens with one attached hydrogen (secondary N) is 1. The molecular weight excluding hydrogens is 382 g/mol. The molecular formula is C19H21N3O5S. The number of hydrogen-bond acceptors (Lipinski definition) is 5. The number of carbonyl (C=O) groups is 2. The summed E-state index contributed by atoms with van der Waals surface area (Å²) in [6.45, 7) is -0.231. The minimum Gasteiger partial charge on any atom is -0.478 e. The van der Waals surface area contributed by atoms with Crippen LogP contribution in [0.2, 0.25) is 0 Å². The van der Waals surface area contributed by atoms with Crippen LogP contribution in [0, 0.1) is 0 Å². The normalized spacial score (nSPS) is 11.6. The van der Waals surface area contributed by atoms with Gasteiger partial charge in [0.05, 0.1) is 24.6 Å². The molecule has 1 amide bonds. The van der Waals surface area contributed by atoms with Crippen LogP contribution in [-0.4, -0.2) is 55.3 Å². The Morgan fingerprint density at radius 1 is 1.11 bits per heavy atom. The van der Waals surface area contributed by atoms with E-state index in [4.69, 9.17) is 5.11 Å². The van der Waals surface area contributed by atoms with Crippen molar-refractivity contribution in [3.8, 4) is 0 Å². The first-order chi connectivity index (χ1) is 13.3. The van der Waals surface area contributed by atoms with Gasteiger partial charge in [-0.1, -0.05) is 48.5 Å². The van der Waals surface area contributed by atoms with Gasteiger partial charge in [0.15, 0.2) is 0 Å². The number of carboxylic acid groups (broad SMARTS) is 1. The quantitative estimate of drug-likeness (QED) is 0.484. The molecule has 2 aromatic carbocycles. The van der Waals surface area contributed by atoms with Gasteiger partial charge in [-0.05, 0) is 18.1 Å². The highest BCUT2D eigenvalue weighted by atomic mass is 32.2. The predicted molar refractivity (Wildman–Crippen MR) is 106 cm³/mol. The third-order valence-electron chi connectivity index (χ3n) is 3.87. The number of sulfonamides is 1. The van der Waals surface area contributed by atoms with Gasteiger partial charge in [0.1, 0.15) is 0 Å². The van der Waals surface area contributed by atoms with Crippen molar-refractivity contribution >= 4 is 28.1 Å². The molecule has 9 heteroatoms. The lowest BCUT2D eigenvalue weighted by Gasteiger charge is -2.18. The Kier molecular flexibility index (Phi) is 7.42. The molecule has 0 fully saturated rings. The number of amides is 1. The van der Waals surface area contributed by atoms with E-state index in [-0.39, 0.29) is 18.7 Å². The zero-order valence-electron chi connectivity index (χ0n) is 15.3. The highest BCUT2D eigenvalue weighted by molar-refractivity contribution is 7.88. The summed E-state index contributed by atoms with van der Waals surface area (Å²) in [7, 11) is -3.58. The Morgan fingerprint density at radius 2 is 1.75 bits per heavy atom. The second kappa shape index (κ2) is 9.77. The van der Waals surface area contributed by atoms with Crippen molar-refractivity contribution in [2.45, 2.75) is 6.42 Å². The number of benzene rings is 2. The fourth-order valence-electron chi connectivity index (χ4n) is 2.43. The fraction of sp³-hybridized carbons (Fsp3) is 0.211. The first-order valence-electron chi connectivity index (χ1n) is 8.40. The number of rotatable bonds is 9. The molecule has 0 saturated carbocycles. The summed E-state index contributed by atoms with van der Waals surface area (Å²) in [5.41, 5.74) is 3.55. The second-order valence-electron chi connectivity index (χ2n) is 6.02. The Bertz CT molecular complexity index is 959. The van der Waals surface area contributed by atoms with Crippen molar-refractivity contribution in [1.82, 2.24) is 9.73 Å². The largest absolute Gasteiger partial charge is 0.478 e. The van der Waals surface area contributed by atoms with Gasteiger partial charge in [0.25, 0.3) is 5.91 Å². The topological polar surface area (TPSA) is 116 Å². The molecule has 0 unspecified atom stereocenters. The first-order valence-corrected chi connectivity index (χ1v) is 10.3. The molecule has 0 aromatic heterocycles. The third-order valence-corrected chi connectivity index (χ3v) is 5.12. The third kappa shape index (κ3) is 6.60. The van der Waals surface area contributed by atoms with E-state index in [2.05, 4.69) is 10.5 Å². The first kappa shape index (κ1) is 21.3. The van der Waals surface area contributed by atoms with Crippen LogP contribution >= 0.6 is 0 Å². The van der Waals surface area contributed by atoms with E-state index in [9.17, 15) is 18.0 Å². The molecule has 0 aliphatic carbocycles. The summed E-state index contributed by atoms with van der Waals surface area (Å²) in [4.78, 5) is 23.2. The molecule has 0 spiro atoms. The van der Waals surface area contributed by atoms with Crippen LogP contribution in [-0.2, 0) is 21.2 Å². The standard InChI is InChI=1S/C19H21N3O5S/c1-28(26,27)22(12-11-15-7-3-2-4-8-15)14-18(23)21-20-13-16-9-5-6-10-17(16)19(24)25/h2-10,13H,11-12,14H2,1H3,(H,21,23)(H,24,25)/b20-13+. The molecule has 28 heavy (non-hydrogen) atoms. The SMILES string of the molecule is CS(=O)(=O)N(CCc1ccccc1)CC(=O)N/N=C/c1ccccc1C(=O)O. The lowest BCUT2D eigenvalue weighted by atomic mass is 10.1. The number of aromatic carboxylic acids is 1. The van der Waals surface area contributed by atoms with Crippen LogP contribution in [0.3, 0.4) is 0 Å². The Balaban J connectivity index is 1.97. The number of nitrogens with zero attached hydrogens (tertiary/aromatic N) is 2. The van der Waals surface area contributed by atoms with Gasteiger partial charge >= 0.3 is 5.97 Å². The number of carboxylic acids is 1. The molecule has 0 heterocycles. The molecule has 0 aliphatic rings. The molecule has 2 aromatic rings. The summed E-state index contributed by atoms with van der Waals surface area (Å²) in [5.74, 6) is -1.74. The van der Waals surface area contributed by atoms with E-state index in [1.54, 1.807) is 18.2 Å². The minimum atomic E-state index is -3.58. The number of hydrazone groups is 1. The highest BCUT2D eigenvalue weighted by Crippen LogP contribution is 2.06. The van der Waals surface area contributed by atoms with E-state index in [1.807, 2.05) is 30.3 Å². The molecule has 0 aliphatic heterocycles. The predicted octanol–water partition coefficient (Wildman–Crippen LogP) is 1.34. The molecule has 0 bridgehead atoms. The maximum atomic E-state index is 12.1. The molecule has 0 radical (unpaired) electrons. The summed E-state index contributed by atoms with van der Waals surface area (Å²) in [5, 5.41) is 12.8. The van der Waals surface area contributed by atoms with E-state index < -0.39 is 21.9 Å². The Hall–Kier alpha value is -3.04. The van der Waals surface area contributed by atoms with E-state index in [1.165, 1.54) is 12.3 Å². The maximum Gasteiger partial charge on any atom is 0.336 e. The number of hydrogen-bond donors (Lipinski definition) is 2. The van der Waals surface area contributed by atoms with Gasteiger partial charge in [-0.15, -0.1) is 0 Å². The highest BCUT2D eigenvalue weighted by Gasteiger charge is 2.19. The van der Waals surface area contributed by atoms with Crippen LogP contribution in [0.1, 0.15) is 21.5 Å². The summed E-state index contributed by atoms with van der Waals surface area (Å²) in [6.07, 6.45) is 2.71. The van der Waals surface area contributed by atoms with Crippen molar-refractivity contribution in [2.24, 2.45) is 5.10 Å². The molecule has 0 saturated heterocycles. The smallest absolute Gasteiger partial charge is 0.336 e. The Labute approximate surface area is 163 Å². The monoisotopic (exact) mass is 403 g/mol.